The molecular weight excluding hydrogens is 256 g/mol. The van der Waals surface area contributed by atoms with Crippen LogP contribution in [0.2, 0.25) is 0 Å². The summed E-state index contributed by atoms with van der Waals surface area (Å²) in [7, 11) is 0. The molecule has 2 rings (SSSR count). The quantitative estimate of drug-likeness (QED) is 0.883. The highest BCUT2D eigenvalue weighted by Gasteiger charge is 2.08. The molecule has 0 radical (unpaired) electrons. The number of carbonyl (C=O) groups is 1. The van der Waals surface area contributed by atoms with Gasteiger partial charge in [0.1, 0.15) is 18.2 Å². The number of carboxylic acid groups (broad SMARTS) is 1. The highest BCUT2D eigenvalue weighted by Crippen LogP contribution is 2.22. The Morgan fingerprint density at radius 2 is 1.95 bits per heavy atom. The van der Waals surface area contributed by atoms with Crippen LogP contribution in [-0.2, 0) is 4.79 Å². The first kappa shape index (κ1) is 12.9. The summed E-state index contributed by atoms with van der Waals surface area (Å²) in [6.45, 7) is -0.326. The maximum Gasteiger partial charge on any atom is 0.322 e. The summed E-state index contributed by atoms with van der Waals surface area (Å²) in [6.07, 6.45) is 2.57. The first-order valence-corrected chi connectivity index (χ1v) is 5.29. The van der Waals surface area contributed by atoms with Crippen molar-refractivity contribution in [3.63, 3.8) is 0 Å². The lowest BCUT2D eigenvalue weighted by Crippen LogP contribution is -2.14. The van der Waals surface area contributed by atoms with E-state index in [2.05, 4.69) is 15.3 Å². The number of hydrogen-bond acceptors (Lipinski definition) is 4. The third-order valence-electron chi connectivity index (χ3n) is 2.29. The Morgan fingerprint density at radius 1 is 1.26 bits per heavy atom. The summed E-state index contributed by atoms with van der Waals surface area (Å²) < 4.78 is 26.5. The van der Waals surface area contributed by atoms with Crippen molar-refractivity contribution in [2.24, 2.45) is 0 Å². The lowest BCUT2D eigenvalue weighted by Gasteiger charge is -2.05. The van der Waals surface area contributed by atoms with Crippen molar-refractivity contribution >= 4 is 11.9 Å². The van der Waals surface area contributed by atoms with Gasteiger partial charge in [-0.05, 0) is 18.2 Å². The van der Waals surface area contributed by atoms with E-state index in [9.17, 15) is 13.6 Å². The zero-order valence-corrected chi connectivity index (χ0v) is 9.60. The standard InChI is InChI=1S/C12H9F2N3O2/c13-8-1-2-10(14)9(3-8)7-4-15-12(16-5-7)17-6-11(18)19/h1-5H,6H2,(H,18,19)(H,15,16,17). The van der Waals surface area contributed by atoms with E-state index in [1.807, 2.05) is 0 Å². The van der Waals surface area contributed by atoms with Gasteiger partial charge in [0.2, 0.25) is 5.95 Å². The fraction of sp³-hybridized carbons (Fsp3) is 0.0833. The van der Waals surface area contributed by atoms with Crippen molar-refractivity contribution in [2.45, 2.75) is 0 Å². The maximum atomic E-state index is 13.5. The smallest absolute Gasteiger partial charge is 0.322 e. The van der Waals surface area contributed by atoms with Crippen LogP contribution in [-0.4, -0.2) is 27.6 Å². The van der Waals surface area contributed by atoms with Gasteiger partial charge in [-0.25, -0.2) is 18.7 Å². The number of rotatable bonds is 4. The van der Waals surface area contributed by atoms with Gasteiger partial charge in [-0.1, -0.05) is 0 Å². The number of nitrogens with zero attached hydrogens (tertiary/aromatic N) is 2. The molecule has 0 saturated carbocycles. The molecule has 1 heterocycles. The average molecular weight is 265 g/mol. The number of aromatic nitrogens is 2. The normalized spacial score (nSPS) is 10.2. The first-order chi connectivity index (χ1) is 9.06. The second kappa shape index (κ2) is 5.38. The molecule has 0 aliphatic rings. The Kier molecular flexibility index (Phi) is 3.65. The third kappa shape index (κ3) is 3.21. The third-order valence-corrected chi connectivity index (χ3v) is 2.29. The summed E-state index contributed by atoms with van der Waals surface area (Å²) in [6, 6.07) is 3.07. The van der Waals surface area contributed by atoms with E-state index in [1.54, 1.807) is 0 Å². The summed E-state index contributed by atoms with van der Waals surface area (Å²) >= 11 is 0. The first-order valence-electron chi connectivity index (χ1n) is 5.29. The van der Waals surface area contributed by atoms with Crippen LogP contribution in [0.4, 0.5) is 14.7 Å². The van der Waals surface area contributed by atoms with Crippen LogP contribution in [0.1, 0.15) is 0 Å². The molecule has 2 N–H and O–H groups in total. The van der Waals surface area contributed by atoms with Crippen molar-refractivity contribution in [1.29, 1.82) is 0 Å². The molecule has 0 atom stereocenters. The van der Waals surface area contributed by atoms with E-state index >= 15 is 0 Å². The molecule has 1 aromatic carbocycles. The van der Waals surface area contributed by atoms with Gasteiger partial charge in [-0.15, -0.1) is 0 Å². The molecule has 0 aliphatic carbocycles. The molecule has 98 valence electrons. The zero-order valence-electron chi connectivity index (χ0n) is 9.60. The molecule has 19 heavy (non-hydrogen) atoms. The van der Waals surface area contributed by atoms with Crippen LogP contribution in [0.5, 0.6) is 0 Å². The van der Waals surface area contributed by atoms with Crippen molar-refractivity contribution < 1.29 is 18.7 Å². The predicted octanol–water partition coefficient (Wildman–Crippen LogP) is 1.92. The van der Waals surface area contributed by atoms with E-state index in [1.165, 1.54) is 12.4 Å². The lowest BCUT2D eigenvalue weighted by atomic mass is 10.1. The summed E-state index contributed by atoms with van der Waals surface area (Å²) in [5.74, 6) is -2.10. The predicted molar refractivity (Wildman–Crippen MR) is 63.5 cm³/mol. The molecule has 0 spiro atoms. The van der Waals surface area contributed by atoms with Crippen molar-refractivity contribution in [2.75, 3.05) is 11.9 Å². The number of nitrogens with one attached hydrogen (secondary N) is 1. The number of carboxylic acids is 1. The Morgan fingerprint density at radius 3 is 2.58 bits per heavy atom. The van der Waals surface area contributed by atoms with Crippen LogP contribution < -0.4 is 5.32 Å². The van der Waals surface area contributed by atoms with Crippen LogP contribution in [0.3, 0.4) is 0 Å². The topological polar surface area (TPSA) is 75.1 Å². The molecule has 0 unspecified atom stereocenters. The highest BCUT2D eigenvalue weighted by atomic mass is 19.1. The zero-order chi connectivity index (χ0) is 13.8. The van der Waals surface area contributed by atoms with Gasteiger partial charge >= 0.3 is 5.97 Å². The highest BCUT2D eigenvalue weighted by molar-refractivity contribution is 5.72. The van der Waals surface area contributed by atoms with E-state index in [0.29, 0.717) is 5.56 Å². The largest absolute Gasteiger partial charge is 0.480 e. The van der Waals surface area contributed by atoms with E-state index in [-0.39, 0.29) is 18.1 Å². The maximum absolute atomic E-state index is 13.5. The minimum Gasteiger partial charge on any atom is -0.480 e. The average Bonchev–Trinajstić information content (AvgIpc) is 2.40. The molecule has 0 bridgehead atoms. The van der Waals surface area contributed by atoms with E-state index in [0.717, 1.165) is 18.2 Å². The van der Waals surface area contributed by atoms with Gasteiger partial charge in [-0.3, -0.25) is 4.79 Å². The van der Waals surface area contributed by atoms with Gasteiger partial charge < -0.3 is 10.4 Å². The molecule has 0 amide bonds. The van der Waals surface area contributed by atoms with Crippen LogP contribution in [0.15, 0.2) is 30.6 Å². The van der Waals surface area contributed by atoms with Crippen molar-refractivity contribution in [1.82, 2.24) is 9.97 Å². The van der Waals surface area contributed by atoms with Gasteiger partial charge in [0.15, 0.2) is 0 Å². The van der Waals surface area contributed by atoms with Gasteiger partial charge in [0.05, 0.1) is 0 Å². The van der Waals surface area contributed by atoms with Crippen LogP contribution >= 0.6 is 0 Å². The minimum atomic E-state index is -1.05. The molecule has 0 fully saturated rings. The summed E-state index contributed by atoms with van der Waals surface area (Å²) in [4.78, 5) is 18.0. The Bertz CT molecular complexity index is 602. The minimum absolute atomic E-state index is 0.0461. The van der Waals surface area contributed by atoms with E-state index < -0.39 is 17.6 Å². The Labute approximate surface area is 106 Å². The second-order valence-electron chi connectivity index (χ2n) is 3.67. The fourth-order valence-corrected chi connectivity index (χ4v) is 1.43. The Balaban J connectivity index is 2.22. The Hall–Kier alpha value is -2.57. The van der Waals surface area contributed by atoms with Crippen molar-refractivity contribution in [3.05, 3.63) is 42.2 Å². The molecule has 2 aromatic rings. The SMILES string of the molecule is O=C(O)CNc1ncc(-c2cc(F)ccc2F)cn1. The van der Waals surface area contributed by atoms with E-state index in [4.69, 9.17) is 5.11 Å². The molecule has 1 aromatic heterocycles. The number of hydrogen-bond donors (Lipinski definition) is 2. The van der Waals surface area contributed by atoms with Crippen molar-refractivity contribution in [3.8, 4) is 11.1 Å². The second-order valence-corrected chi connectivity index (χ2v) is 3.67. The van der Waals surface area contributed by atoms with Crippen LogP contribution in [0, 0.1) is 11.6 Å². The number of aliphatic carboxylic acids is 1. The summed E-state index contributed by atoms with van der Waals surface area (Å²) in [5.41, 5.74) is 0.350. The number of anilines is 1. The molecular formula is C12H9F2N3O2. The van der Waals surface area contributed by atoms with Gasteiger partial charge in [0.25, 0.3) is 0 Å². The van der Waals surface area contributed by atoms with Gasteiger partial charge in [-0.2, -0.15) is 0 Å². The molecule has 7 heteroatoms. The van der Waals surface area contributed by atoms with Gasteiger partial charge in [0, 0.05) is 23.5 Å². The molecule has 0 aliphatic heterocycles. The molecule has 0 saturated heterocycles. The summed E-state index contributed by atoms with van der Waals surface area (Å²) in [5, 5.41) is 10.9. The monoisotopic (exact) mass is 265 g/mol. The fourth-order valence-electron chi connectivity index (χ4n) is 1.43. The molecule has 5 nitrogen and oxygen atoms in total. The lowest BCUT2D eigenvalue weighted by molar-refractivity contribution is -0.134. The number of halogens is 2. The van der Waals surface area contributed by atoms with Crippen LogP contribution in [0.25, 0.3) is 11.1 Å². The number of benzene rings is 1.